The number of hydrogen-bond donors (Lipinski definition) is 1. The van der Waals surface area contributed by atoms with Crippen molar-refractivity contribution in [2.45, 2.75) is 6.54 Å². The second kappa shape index (κ2) is 4.63. The SMILES string of the molecule is CN(Cc1cscn1)c1ncnc(N)c1Cl. The van der Waals surface area contributed by atoms with Crippen LogP contribution in [-0.2, 0) is 6.54 Å². The van der Waals surface area contributed by atoms with Crippen LogP contribution in [0.3, 0.4) is 0 Å². The molecule has 16 heavy (non-hydrogen) atoms. The molecule has 2 N–H and O–H groups in total. The lowest BCUT2D eigenvalue weighted by Crippen LogP contribution is -2.19. The van der Waals surface area contributed by atoms with E-state index < -0.39 is 0 Å². The predicted molar refractivity (Wildman–Crippen MR) is 65.7 cm³/mol. The van der Waals surface area contributed by atoms with Gasteiger partial charge in [0.2, 0.25) is 0 Å². The second-order valence-corrected chi connectivity index (χ2v) is 4.33. The van der Waals surface area contributed by atoms with Gasteiger partial charge in [0.05, 0.1) is 17.7 Å². The molecule has 0 saturated carbocycles. The molecule has 2 aromatic heterocycles. The van der Waals surface area contributed by atoms with Gasteiger partial charge < -0.3 is 10.6 Å². The van der Waals surface area contributed by atoms with Crippen LogP contribution in [0.2, 0.25) is 5.02 Å². The number of halogens is 1. The molecule has 0 aliphatic carbocycles. The van der Waals surface area contributed by atoms with E-state index in [0.717, 1.165) is 5.69 Å². The minimum atomic E-state index is 0.289. The molecule has 5 nitrogen and oxygen atoms in total. The summed E-state index contributed by atoms with van der Waals surface area (Å²) in [4.78, 5) is 14.0. The predicted octanol–water partition coefficient (Wildman–Crippen LogP) is 1.81. The summed E-state index contributed by atoms with van der Waals surface area (Å²) in [6.07, 6.45) is 1.40. The number of nitrogens with two attached hydrogens (primary N) is 1. The molecule has 0 unspecified atom stereocenters. The number of thiazole rings is 1. The third kappa shape index (κ3) is 2.23. The lowest BCUT2D eigenvalue weighted by Gasteiger charge is -2.18. The molecule has 2 heterocycles. The maximum atomic E-state index is 6.02. The number of aromatic nitrogens is 3. The maximum Gasteiger partial charge on any atom is 0.153 e. The molecular formula is C9H10ClN5S. The first-order valence-electron chi connectivity index (χ1n) is 4.52. The summed E-state index contributed by atoms with van der Waals surface area (Å²) in [6.45, 7) is 0.639. The Balaban J connectivity index is 2.21. The maximum absolute atomic E-state index is 6.02. The van der Waals surface area contributed by atoms with Crippen molar-refractivity contribution in [1.82, 2.24) is 15.0 Å². The molecule has 0 amide bonds. The molecule has 0 bridgehead atoms. The van der Waals surface area contributed by atoms with Crippen LogP contribution >= 0.6 is 22.9 Å². The average molecular weight is 256 g/mol. The molecule has 2 rings (SSSR count). The average Bonchev–Trinajstić information content (AvgIpc) is 2.74. The molecule has 84 valence electrons. The van der Waals surface area contributed by atoms with E-state index in [1.807, 2.05) is 17.3 Å². The van der Waals surface area contributed by atoms with Gasteiger partial charge in [-0.3, -0.25) is 0 Å². The Hall–Kier alpha value is -1.40. The topological polar surface area (TPSA) is 67.9 Å². The van der Waals surface area contributed by atoms with Gasteiger partial charge in [0.15, 0.2) is 5.82 Å². The van der Waals surface area contributed by atoms with Crippen LogP contribution in [0.4, 0.5) is 11.6 Å². The normalized spacial score (nSPS) is 10.4. The van der Waals surface area contributed by atoms with Gasteiger partial charge in [0, 0.05) is 12.4 Å². The first kappa shape index (κ1) is 11.1. The van der Waals surface area contributed by atoms with Gasteiger partial charge in [-0.15, -0.1) is 11.3 Å². The molecule has 0 radical (unpaired) electrons. The molecule has 2 aromatic rings. The van der Waals surface area contributed by atoms with Crippen molar-refractivity contribution < 1.29 is 0 Å². The summed E-state index contributed by atoms with van der Waals surface area (Å²) >= 11 is 7.57. The number of hydrogen-bond acceptors (Lipinski definition) is 6. The van der Waals surface area contributed by atoms with Crippen molar-refractivity contribution in [3.05, 3.63) is 27.9 Å². The molecule has 0 saturated heterocycles. The fourth-order valence-corrected chi connectivity index (χ4v) is 2.06. The van der Waals surface area contributed by atoms with Gasteiger partial charge in [-0.05, 0) is 0 Å². The van der Waals surface area contributed by atoms with Gasteiger partial charge in [0.1, 0.15) is 17.2 Å². The number of anilines is 2. The van der Waals surface area contributed by atoms with Crippen LogP contribution in [-0.4, -0.2) is 22.0 Å². The minimum absolute atomic E-state index is 0.289. The van der Waals surface area contributed by atoms with E-state index in [1.165, 1.54) is 6.33 Å². The van der Waals surface area contributed by atoms with E-state index in [0.29, 0.717) is 17.4 Å². The lowest BCUT2D eigenvalue weighted by molar-refractivity contribution is 0.870. The first-order chi connectivity index (χ1) is 7.68. The van der Waals surface area contributed by atoms with Gasteiger partial charge in [0.25, 0.3) is 0 Å². The highest BCUT2D eigenvalue weighted by Crippen LogP contribution is 2.26. The van der Waals surface area contributed by atoms with E-state index in [2.05, 4.69) is 15.0 Å². The number of nitrogen functional groups attached to an aromatic ring is 1. The fourth-order valence-electron chi connectivity index (χ4n) is 1.27. The Morgan fingerprint density at radius 3 is 2.94 bits per heavy atom. The zero-order valence-corrected chi connectivity index (χ0v) is 10.2. The van der Waals surface area contributed by atoms with Crippen molar-refractivity contribution in [2.24, 2.45) is 0 Å². The number of rotatable bonds is 3. The van der Waals surface area contributed by atoms with E-state index in [4.69, 9.17) is 17.3 Å². The Morgan fingerprint density at radius 1 is 1.44 bits per heavy atom. The quantitative estimate of drug-likeness (QED) is 0.906. The van der Waals surface area contributed by atoms with Crippen LogP contribution in [0.5, 0.6) is 0 Å². The summed E-state index contributed by atoms with van der Waals surface area (Å²) in [5.41, 5.74) is 8.37. The van der Waals surface area contributed by atoms with Gasteiger partial charge in [-0.2, -0.15) is 0 Å². The summed E-state index contributed by atoms with van der Waals surface area (Å²) in [5.74, 6) is 0.902. The van der Waals surface area contributed by atoms with Crippen LogP contribution < -0.4 is 10.6 Å². The van der Waals surface area contributed by atoms with Crippen molar-refractivity contribution >= 4 is 34.6 Å². The van der Waals surface area contributed by atoms with Crippen LogP contribution in [0, 0.1) is 0 Å². The molecule has 7 heteroatoms. The van der Waals surface area contributed by atoms with E-state index in [1.54, 1.807) is 16.8 Å². The molecule has 0 spiro atoms. The second-order valence-electron chi connectivity index (χ2n) is 3.23. The third-order valence-electron chi connectivity index (χ3n) is 2.04. The van der Waals surface area contributed by atoms with E-state index >= 15 is 0 Å². The van der Waals surface area contributed by atoms with E-state index in [9.17, 15) is 0 Å². The Morgan fingerprint density at radius 2 is 2.25 bits per heavy atom. The van der Waals surface area contributed by atoms with Crippen LogP contribution in [0.25, 0.3) is 0 Å². The molecule has 0 fully saturated rings. The molecule has 0 atom stereocenters. The van der Waals surface area contributed by atoms with Crippen molar-refractivity contribution in [3.8, 4) is 0 Å². The number of nitrogens with zero attached hydrogens (tertiary/aromatic N) is 4. The van der Waals surface area contributed by atoms with Crippen molar-refractivity contribution in [1.29, 1.82) is 0 Å². The van der Waals surface area contributed by atoms with Crippen molar-refractivity contribution in [3.63, 3.8) is 0 Å². The highest BCUT2D eigenvalue weighted by Gasteiger charge is 2.11. The third-order valence-corrected chi connectivity index (χ3v) is 3.04. The van der Waals surface area contributed by atoms with Gasteiger partial charge in [-0.1, -0.05) is 11.6 Å². The summed E-state index contributed by atoms with van der Waals surface area (Å²) in [6, 6.07) is 0. The van der Waals surface area contributed by atoms with Crippen LogP contribution in [0.1, 0.15) is 5.69 Å². The standard InChI is InChI=1S/C9H10ClN5S/c1-15(2-6-3-16-5-14-6)9-7(10)8(11)12-4-13-9/h3-5H,2H2,1H3,(H2,11,12,13). The van der Waals surface area contributed by atoms with E-state index in [-0.39, 0.29) is 5.82 Å². The smallest absolute Gasteiger partial charge is 0.153 e. The largest absolute Gasteiger partial charge is 0.382 e. The molecular weight excluding hydrogens is 246 g/mol. The Bertz CT molecular complexity index is 473. The molecule has 0 aliphatic heterocycles. The highest BCUT2D eigenvalue weighted by atomic mass is 35.5. The van der Waals surface area contributed by atoms with Crippen molar-refractivity contribution in [2.75, 3.05) is 17.7 Å². The molecule has 0 aromatic carbocycles. The van der Waals surface area contributed by atoms with Gasteiger partial charge in [-0.25, -0.2) is 15.0 Å². The summed E-state index contributed by atoms with van der Waals surface area (Å²) < 4.78 is 0. The monoisotopic (exact) mass is 255 g/mol. The lowest BCUT2D eigenvalue weighted by atomic mass is 10.4. The Labute approximate surface area is 102 Å². The highest BCUT2D eigenvalue weighted by molar-refractivity contribution is 7.07. The summed E-state index contributed by atoms with van der Waals surface area (Å²) in [7, 11) is 1.88. The first-order valence-corrected chi connectivity index (χ1v) is 5.84. The minimum Gasteiger partial charge on any atom is -0.382 e. The van der Waals surface area contributed by atoms with Gasteiger partial charge >= 0.3 is 0 Å². The zero-order valence-electron chi connectivity index (χ0n) is 8.59. The Kier molecular flexibility index (Phi) is 3.21. The fraction of sp³-hybridized carbons (Fsp3) is 0.222. The summed E-state index contributed by atoms with van der Waals surface area (Å²) in [5, 5.41) is 2.36. The van der Waals surface area contributed by atoms with Crippen LogP contribution in [0.15, 0.2) is 17.2 Å². The molecule has 0 aliphatic rings. The zero-order chi connectivity index (χ0) is 11.5.